The second-order valence-electron chi connectivity index (χ2n) is 5.29. The zero-order chi connectivity index (χ0) is 14.8. The molecule has 20 heavy (non-hydrogen) atoms. The predicted molar refractivity (Wildman–Crippen MR) is 98.1 cm³/mol. The van der Waals surface area contributed by atoms with Crippen molar-refractivity contribution in [2.45, 2.75) is 65.2 Å². The minimum absolute atomic E-state index is 0.549. The monoisotopic (exact) mass is 309 g/mol. The fourth-order valence-electron chi connectivity index (χ4n) is 2.51. The lowest BCUT2D eigenvalue weighted by molar-refractivity contribution is 0.694. The van der Waals surface area contributed by atoms with Crippen molar-refractivity contribution < 1.29 is 0 Å². The molecule has 0 heterocycles. The van der Waals surface area contributed by atoms with E-state index in [0.717, 1.165) is 12.1 Å². The Hall–Kier alpha value is -0.540. The SMILES string of the molecule is CCCCCc1cccc(NC(=S)S)c1CCCCC. The molecule has 0 amide bonds. The van der Waals surface area contributed by atoms with Crippen LogP contribution in [-0.2, 0) is 12.8 Å². The Morgan fingerprint density at radius 2 is 1.70 bits per heavy atom. The molecule has 0 spiro atoms. The number of thiol groups is 1. The summed E-state index contributed by atoms with van der Waals surface area (Å²) in [4.78, 5) is 0. The van der Waals surface area contributed by atoms with Crippen molar-refractivity contribution in [2.24, 2.45) is 0 Å². The van der Waals surface area contributed by atoms with E-state index in [9.17, 15) is 0 Å². The van der Waals surface area contributed by atoms with Crippen molar-refractivity contribution in [1.82, 2.24) is 0 Å². The molecular weight excluding hydrogens is 282 g/mol. The molecule has 1 aromatic rings. The Labute approximate surface area is 135 Å². The summed E-state index contributed by atoms with van der Waals surface area (Å²) in [5.41, 5.74) is 4.06. The van der Waals surface area contributed by atoms with Crippen LogP contribution in [0.5, 0.6) is 0 Å². The van der Waals surface area contributed by atoms with Crippen LogP contribution in [0.15, 0.2) is 18.2 Å². The van der Waals surface area contributed by atoms with E-state index in [1.807, 2.05) is 0 Å². The van der Waals surface area contributed by atoms with E-state index < -0.39 is 0 Å². The summed E-state index contributed by atoms with van der Waals surface area (Å²) in [6.45, 7) is 4.49. The van der Waals surface area contributed by atoms with Gasteiger partial charge in [0.2, 0.25) is 0 Å². The molecule has 0 saturated heterocycles. The number of hydrogen-bond acceptors (Lipinski definition) is 1. The summed E-state index contributed by atoms with van der Waals surface area (Å²) in [5.74, 6) is 0. The largest absolute Gasteiger partial charge is 0.341 e. The highest BCUT2D eigenvalue weighted by Crippen LogP contribution is 2.25. The second-order valence-corrected chi connectivity index (χ2v) is 6.45. The number of hydrogen-bond donors (Lipinski definition) is 2. The summed E-state index contributed by atoms with van der Waals surface area (Å²) in [5, 5.41) is 3.23. The molecule has 0 radical (unpaired) electrons. The van der Waals surface area contributed by atoms with Crippen LogP contribution in [0.1, 0.15) is 63.5 Å². The summed E-state index contributed by atoms with van der Waals surface area (Å²) < 4.78 is 0.549. The molecular formula is C17H27NS2. The van der Waals surface area contributed by atoms with E-state index in [1.54, 1.807) is 0 Å². The van der Waals surface area contributed by atoms with Gasteiger partial charge in [0.05, 0.1) is 0 Å². The maximum atomic E-state index is 5.08. The topological polar surface area (TPSA) is 12.0 Å². The Morgan fingerprint density at radius 1 is 1.05 bits per heavy atom. The molecule has 0 saturated carbocycles. The summed E-state index contributed by atoms with van der Waals surface area (Å²) in [6.07, 6.45) is 9.93. The predicted octanol–water partition coefficient (Wildman–Crippen LogP) is 5.78. The van der Waals surface area contributed by atoms with E-state index in [2.05, 4.69) is 50.0 Å². The average molecular weight is 310 g/mol. The lowest BCUT2D eigenvalue weighted by Crippen LogP contribution is -2.07. The molecule has 0 aliphatic rings. The molecule has 3 heteroatoms. The van der Waals surface area contributed by atoms with Gasteiger partial charge in [0.1, 0.15) is 4.32 Å². The van der Waals surface area contributed by atoms with Crippen molar-refractivity contribution >= 4 is 34.9 Å². The van der Waals surface area contributed by atoms with Crippen LogP contribution in [0, 0.1) is 0 Å². The average Bonchev–Trinajstić information content (AvgIpc) is 2.41. The molecule has 112 valence electrons. The van der Waals surface area contributed by atoms with E-state index >= 15 is 0 Å². The number of nitrogens with one attached hydrogen (secondary N) is 1. The smallest absolute Gasteiger partial charge is 0.135 e. The Kier molecular flexibility index (Phi) is 8.95. The lowest BCUT2D eigenvalue weighted by atomic mass is 9.95. The first-order valence-electron chi connectivity index (χ1n) is 7.79. The van der Waals surface area contributed by atoms with Crippen molar-refractivity contribution in [3.8, 4) is 0 Å². The third kappa shape index (κ3) is 6.27. The molecule has 0 aliphatic heterocycles. The highest BCUT2D eigenvalue weighted by molar-refractivity contribution is 8.11. The summed E-state index contributed by atoms with van der Waals surface area (Å²) in [6, 6.07) is 6.51. The fourth-order valence-corrected chi connectivity index (χ4v) is 2.74. The third-order valence-electron chi connectivity index (χ3n) is 3.59. The van der Waals surface area contributed by atoms with Crippen molar-refractivity contribution in [3.63, 3.8) is 0 Å². The number of anilines is 1. The molecule has 0 bridgehead atoms. The minimum atomic E-state index is 0.549. The third-order valence-corrected chi connectivity index (χ3v) is 3.81. The van der Waals surface area contributed by atoms with Crippen LogP contribution in [-0.4, -0.2) is 4.32 Å². The van der Waals surface area contributed by atoms with Crippen molar-refractivity contribution in [3.05, 3.63) is 29.3 Å². The Bertz CT molecular complexity index is 415. The molecule has 0 unspecified atom stereocenters. The number of thiocarbonyl (C=S) groups is 1. The van der Waals surface area contributed by atoms with Crippen LogP contribution in [0.4, 0.5) is 5.69 Å². The number of unbranched alkanes of at least 4 members (excludes halogenated alkanes) is 4. The molecule has 0 atom stereocenters. The maximum Gasteiger partial charge on any atom is 0.135 e. The molecule has 1 aromatic carbocycles. The highest BCUT2D eigenvalue weighted by Gasteiger charge is 2.08. The first kappa shape index (κ1) is 17.5. The maximum absolute atomic E-state index is 5.08. The molecule has 0 aromatic heterocycles. The van der Waals surface area contributed by atoms with Crippen LogP contribution < -0.4 is 5.32 Å². The second kappa shape index (κ2) is 10.2. The van der Waals surface area contributed by atoms with Gasteiger partial charge in [0.25, 0.3) is 0 Å². The quantitative estimate of drug-likeness (QED) is 0.341. The number of benzene rings is 1. The van der Waals surface area contributed by atoms with E-state index in [4.69, 9.17) is 12.2 Å². The first-order chi connectivity index (χ1) is 9.69. The van der Waals surface area contributed by atoms with Gasteiger partial charge in [-0.05, 0) is 42.9 Å². The van der Waals surface area contributed by atoms with Gasteiger partial charge < -0.3 is 5.32 Å². The van der Waals surface area contributed by atoms with Gasteiger partial charge in [0, 0.05) is 5.69 Å². The molecule has 1 nitrogen and oxygen atoms in total. The van der Waals surface area contributed by atoms with Crippen molar-refractivity contribution in [1.29, 1.82) is 0 Å². The minimum Gasteiger partial charge on any atom is -0.341 e. The van der Waals surface area contributed by atoms with Gasteiger partial charge in [0.15, 0.2) is 0 Å². The Morgan fingerprint density at radius 3 is 2.30 bits per heavy atom. The summed E-state index contributed by atoms with van der Waals surface area (Å²) in [7, 11) is 0. The summed E-state index contributed by atoms with van der Waals surface area (Å²) >= 11 is 9.28. The van der Waals surface area contributed by atoms with E-state index in [1.165, 1.54) is 56.1 Å². The van der Waals surface area contributed by atoms with E-state index in [-0.39, 0.29) is 0 Å². The Balaban J connectivity index is 2.85. The van der Waals surface area contributed by atoms with E-state index in [0.29, 0.717) is 4.32 Å². The first-order valence-corrected chi connectivity index (χ1v) is 8.65. The standard InChI is InChI=1S/C17H27NS2/c1-3-5-7-10-14-11-9-13-16(18-17(19)20)15(14)12-8-6-4-2/h9,11,13H,3-8,10,12H2,1-2H3,(H2,18,19,20). The lowest BCUT2D eigenvalue weighted by Gasteiger charge is -2.15. The van der Waals surface area contributed by atoms with Gasteiger partial charge in [-0.15, -0.1) is 12.6 Å². The van der Waals surface area contributed by atoms with Crippen LogP contribution in [0.2, 0.25) is 0 Å². The zero-order valence-corrected chi connectivity index (χ0v) is 14.5. The van der Waals surface area contributed by atoms with Gasteiger partial charge in [-0.1, -0.05) is 63.9 Å². The molecule has 0 fully saturated rings. The van der Waals surface area contributed by atoms with Crippen molar-refractivity contribution in [2.75, 3.05) is 5.32 Å². The van der Waals surface area contributed by atoms with Gasteiger partial charge in [-0.25, -0.2) is 0 Å². The molecule has 1 rings (SSSR count). The fraction of sp³-hybridized carbons (Fsp3) is 0.588. The highest BCUT2D eigenvalue weighted by atomic mass is 32.1. The molecule has 1 N–H and O–H groups in total. The number of aryl methyl sites for hydroxylation is 1. The van der Waals surface area contributed by atoms with Gasteiger partial charge >= 0.3 is 0 Å². The molecule has 0 aliphatic carbocycles. The van der Waals surface area contributed by atoms with Crippen LogP contribution >= 0.6 is 24.8 Å². The van der Waals surface area contributed by atoms with Gasteiger partial charge in [-0.3, -0.25) is 0 Å². The van der Waals surface area contributed by atoms with Gasteiger partial charge in [-0.2, -0.15) is 0 Å². The normalized spacial score (nSPS) is 10.6. The number of rotatable bonds is 9. The van der Waals surface area contributed by atoms with Crippen LogP contribution in [0.25, 0.3) is 0 Å². The zero-order valence-electron chi connectivity index (χ0n) is 12.7. The van der Waals surface area contributed by atoms with Crippen LogP contribution in [0.3, 0.4) is 0 Å².